The molecule has 0 aromatic heterocycles. The average molecular weight is 243 g/mol. The number of benzene rings is 1. The Morgan fingerprint density at radius 3 is 2.54 bits per heavy atom. The molecule has 1 amide bonds. The normalized spacial score (nSPS) is 9.62. The number of hydrogen-bond acceptors (Lipinski definition) is 2. The van der Waals surface area contributed by atoms with Crippen LogP contribution in [0.1, 0.15) is 10.4 Å². The highest BCUT2D eigenvalue weighted by molar-refractivity contribution is 9.09. The van der Waals surface area contributed by atoms with Crippen LogP contribution in [0.4, 0.5) is 5.69 Å². The highest BCUT2D eigenvalue weighted by Crippen LogP contribution is 2.04. The molecule has 0 heterocycles. The second kappa shape index (κ2) is 4.87. The van der Waals surface area contributed by atoms with Crippen LogP contribution in [0.15, 0.2) is 24.3 Å². The van der Waals surface area contributed by atoms with E-state index in [-0.39, 0.29) is 5.91 Å². The van der Waals surface area contributed by atoms with Crippen molar-refractivity contribution in [2.24, 2.45) is 0 Å². The molecule has 0 saturated carbocycles. The van der Waals surface area contributed by atoms with Gasteiger partial charge in [0.25, 0.3) is 5.91 Å². The van der Waals surface area contributed by atoms with Crippen LogP contribution in [-0.4, -0.2) is 17.8 Å². The fourth-order valence-corrected chi connectivity index (χ4v) is 1.10. The minimum Gasteiger partial charge on any atom is -0.399 e. The van der Waals surface area contributed by atoms with E-state index in [1.165, 1.54) is 0 Å². The summed E-state index contributed by atoms with van der Waals surface area (Å²) in [6, 6.07) is 6.84. The molecule has 3 N–H and O–H groups in total. The van der Waals surface area contributed by atoms with Crippen molar-refractivity contribution < 1.29 is 4.79 Å². The molecule has 1 rings (SSSR count). The molecule has 0 aliphatic heterocycles. The number of nitrogens with one attached hydrogen (secondary N) is 1. The molecule has 0 saturated heterocycles. The van der Waals surface area contributed by atoms with Gasteiger partial charge in [0.05, 0.1) is 0 Å². The van der Waals surface area contributed by atoms with E-state index in [9.17, 15) is 4.79 Å². The number of alkyl halides is 1. The van der Waals surface area contributed by atoms with E-state index in [1.54, 1.807) is 24.3 Å². The Kier molecular flexibility index (Phi) is 3.76. The zero-order valence-corrected chi connectivity index (χ0v) is 8.67. The maximum Gasteiger partial charge on any atom is 0.251 e. The van der Waals surface area contributed by atoms with Crippen LogP contribution in [0.25, 0.3) is 0 Å². The van der Waals surface area contributed by atoms with E-state index < -0.39 is 0 Å². The molecule has 0 aliphatic carbocycles. The first kappa shape index (κ1) is 10.1. The molecule has 0 aliphatic rings. The summed E-state index contributed by atoms with van der Waals surface area (Å²) in [5.74, 6) is -0.0700. The Morgan fingerprint density at radius 2 is 2.00 bits per heavy atom. The molecule has 1 aromatic rings. The molecule has 13 heavy (non-hydrogen) atoms. The van der Waals surface area contributed by atoms with Gasteiger partial charge in [-0.1, -0.05) is 15.9 Å². The van der Waals surface area contributed by atoms with Crippen molar-refractivity contribution in [2.75, 3.05) is 17.6 Å². The van der Waals surface area contributed by atoms with Gasteiger partial charge < -0.3 is 11.1 Å². The second-order valence-electron chi connectivity index (χ2n) is 2.57. The first-order chi connectivity index (χ1) is 6.24. The summed E-state index contributed by atoms with van der Waals surface area (Å²) in [4.78, 5) is 11.3. The third kappa shape index (κ3) is 3.06. The number of nitrogen functional groups attached to an aromatic ring is 1. The molecule has 4 heteroatoms. The number of rotatable bonds is 3. The highest BCUT2D eigenvalue weighted by Gasteiger charge is 2.02. The summed E-state index contributed by atoms with van der Waals surface area (Å²) >= 11 is 3.23. The number of carbonyl (C=O) groups excluding carboxylic acids is 1. The van der Waals surface area contributed by atoms with E-state index >= 15 is 0 Å². The molecule has 0 bridgehead atoms. The largest absolute Gasteiger partial charge is 0.399 e. The molecule has 70 valence electrons. The van der Waals surface area contributed by atoms with Gasteiger partial charge in [0.1, 0.15) is 0 Å². The lowest BCUT2D eigenvalue weighted by atomic mass is 10.2. The van der Waals surface area contributed by atoms with E-state index in [0.29, 0.717) is 17.8 Å². The smallest absolute Gasteiger partial charge is 0.251 e. The lowest BCUT2D eigenvalue weighted by Crippen LogP contribution is -2.24. The summed E-state index contributed by atoms with van der Waals surface area (Å²) in [6.07, 6.45) is 0. The fraction of sp³-hybridized carbons (Fsp3) is 0.222. The van der Waals surface area contributed by atoms with Crippen molar-refractivity contribution in [3.63, 3.8) is 0 Å². The van der Waals surface area contributed by atoms with Crippen LogP contribution in [0, 0.1) is 0 Å². The monoisotopic (exact) mass is 242 g/mol. The van der Waals surface area contributed by atoms with E-state index in [1.807, 2.05) is 0 Å². The summed E-state index contributed by atoms with van der Waals surface area (Å²) in [5.41, 5.74) is 6.79. The van der Waals surface area contributed by atoms with Gasteiger partial charge in [0.2, 0.25) is 0 Å². The summed E-state index contributed by atoms with van der Waals surface area (Å²) < 4.78 is 0. The molecule has 3 nitrogen and oxygen atoms in total. The second-order valence-corrected chi connectivity index (χ2v) is 3.36. The lowest BCUT2D eigenvalue weighted by Gasteiger charge is -2.02. The Balaban J connectivity index is 2.61. The summed E-state index contributed by atoms with van der Waals surface area (Å²) in [5, 5.41) is 3.50. The molecule has 0 spiro atoms. The zero-order chi connectivity index (χ0) is 9.68. The number of amides is 1. The maximum absolute atomic E-state index is 11.3. The quantitative estimate of drug-likeness (QED) is 0.622. The molecule has 1 aromatic carbocycles. The molecular weight excluding hydrogens is 232 g/mol. The van der Waals surface area contributed by atoms with E-state index in [0.717, 1.165) is 5.33 Å². The molecule has 0 unspecified atom stereocenters. The van der Waals surface area contributed by atoms with Crippen LogP contribution in [-0.2, 0) is 0 Å². The Bertz CT molecular complexity index is 284. The van der Waals surface area contributed by atoms with Crippen LogP contribution in [0.5, 0.6) is 0 Å². The van der Waals surface area contributed by atoms with Gasteiger partial charge in [-0.3, -0.25) is 4.79 Å². The van der Waals surface area contributed by atoms with Gasteiger partial charge in [0.15, 0.2) is 0 Å². The molecule has 0 atom stereocenters. The summed E-state index contributed by atoms with van der Waals surface area (Å²) in [6.45, 7) is 0.628. The average Bonchev–Trinajstić information content (AvgIpc) is 2.15. The summed E-state index contributed by atoms with van der Waals surface area (Å²) in [7, 11) is 0. The van der Waals surface area contributed by atoms with Gasteiger partial charge in [-0.2, -0.15) is 0 Å². The van der Waals surface area contributed by atoms with Gasteiger partial charge in [0, 0.05) is 23.1 Å². The third-order valence-corrected chi connectivity index (χ3v) is 1.95. The van der Waals surface area contributed by atoms with Crippen molar-refractivity contribution in [3.8, 4) is 0 Å². The van der Waals surface area contributed by atoms with Crippen molar-refractivity contribution in [1.82, 2.24) is 5.32 Å². The standard InChI is InChI=1S/C9H11BrN2O/c10-5-6-12-9(13)7-1-3-8(11)4-2-7/h1-4H,5-6,11H2,(H,12,13). The number of anilines is 1. The predicted molar refractivity (Wildman–Crippen MR) is 57.0 cm³/mol. The van der Waals surface area contributed by atoms with Crippen molar-refractivity contribution >= 4 is 27.5 Å². The molecular formula is C9H11BrN2O. The van der Waals surface area contributed by atoms with Crippen LogP contribution in [0.3, 0.4) is 0 Å². The molecule has 0 radical (unpaired) electrons. The maximum atomic E-state index is 11.3. The Morgan fingerprint density at radius 1 is 1.38 bits per heavy atom. The lowest BCUT2D eigenvalue weighted by molar-refractivity contribution is 0.0956. The molecule has 0 fully saturated rings. The van der Waals surface area contributed by atoms with Gasteiger partial charge in [-0.15, -0.1) is 0 Å². The van der Waals surface area contributed by atoms with Gasteiger partial charge in [-0.25, -0.2) is 0 Å². The van der Waals surface area contributed by atoms with Crippen molar-refractivity contribution in [2.45, 2.75) is 0 Å². The first-order valence-electron chi connectivity index (χ1n) is 3.93. The van der Waals surface area contributed by atoms with Crippen LogP contribution >= 0.6 is 15.9 Å². The number of hydrogen-bond donors (Lipinski definition) is 2. The SMILES string of the molecule is Nc1ccc(C(=O)NCCBr)cc1. The number of halogens is 1. The Labute approximate surface area is 85.4 Å². The van der Waals surface area contributed by atoms with Crippen molar-refractivity contribution in [3.05, 3.63) is 29.8 Å². The predicted octanol–water partition coefficient (Wildman–Crippen LogP) is 1.39. The topological polar surface area (TPSA) is 55.1 Å². The minimum absolute atomic E-state index is 0.0700. The zero-order valence-electron chi connectivity index (χ0n) is 7.09. The highest BCUT2D eigenvalue weighted by atomic mass is 79.9. The third-order valence-electron chi connectivity index (χ3n) is 1.55. The first-order valence-corrected chi connectivity index (χ1v) is 5.06. The Hall–Kier alpha value is -1.03. The van der Waals surface area contributed by atoms with Crippen LogP contribution < -0.4 is 11.1 Å². The van der Waals surface area contributed by atoms with E-state index in [4.69, 9.17) is 5.73 Å². The van der Waals surface area contributed by atoms with E-state index in [2.05, 4.69) is 21.2 Å². The van der Waals surface area contributed by atoms with Crippen LogP contribution in [0.2, 0.25) is 0 Å². The van der Waals surface area contributed by atoms with Gasteiger partial charge in [-0.05, 0) is 24.3 Å². The van der Waals surface area contributed by atoms with Gasteiger partial charge >= 0.3 is 0 Å². The number of nitrogens with two attached hydrogens (primary N) is 1. The fourth-order valence-electron chi connectivity index (χ4n) is 0.897. The minimum atomic E-state index is -0.0700. The van der Waals surface area contributed by atoms with Crippen molar-refractivity contribution in [1.29, 1.82) is 0 Å². The number of carbonyl (C=O) groups is 1.